The number of hydrogen-bond acceptors (Lipinski definition) is 4. The number of carbonyl (C=O) groups is 2. The number of hydrogen-bond donors (Lipinski definition) is 1. The highest BCUT2D eigenvalue weighted by Gasteiger charge is 2.57. The van der Waals surface area contributed by atoms with E-state index in [2.05, 4.69) is 26.2 Å². The molecule has 1 aromatic heterocycles. The van der Waals surface area contributed by atoms with Crippen molar-refractivity contribution >= 4 is 33.7 Å². The summed E-state index contributed by atoms with van der Waals surface area (Å²) in [7, 11) is 0. The number of aromatic nitrogens is 1. The van der Waals surface area contributed by atoms with Crippen LogP contribution >= 0.6 is 15.9 Å². The van der Waals surface area contributed by atoms with Crippen molar-refractivity contribution in [3.8, 4) is 0 Å². The van der Waals surface area contributed by atoms with Crippen molar-refractivity contribution in [3.05, 3.63) is 22.8 Å². The predicted octanol–water partition coefficient (Wildman–Crippen LogP) is 3.04. The van der Waals surface area contributed by atoms with Gasteiger partial charge in [-0.1, -0.05) is 6.07 Å². The van der Waals surface area contributed by atoms with Crippen molar-refractivity contribution in [2.45, 2.75) is 38.8 Å². The van der Waals surface area contributed by atoms with Gasteiger partial charge in [0.2, 0.25) is 5.91 Å². The fourth-order valence-corrected chi connectivity index (χ4v) is 3.33. The van der Waals surface area contributed by atoms with Gasteiger partial charge in [0.1, 0.15) is 22.1 Å². The van der Waals surface area contributed by atoms with Crippen molar-refractivity contribution < 1.29 is 14.3 Å². The molecule has 0 spiro atoms. The van der Waals surface area contributed by atoms with E-state index < -0.39 is 17.7 Å². The molecule has 124 valence electrons. The second kappa shape index (κ2) is 5.78. The Hall–Kier alpha value is -1.63. The van der Waals surface area contributed by atoms with Crippen molar-refractivity contribution in [2.75, 3.05) is 11.9 Å². The van der Waals surface area contributed by atoms with E-state index in [0.717, 1.165) is 6.42 Å². The number of anilines is 1. The molecule has 3 rings (SSSR count). The molecule has 23 heavy (non-hydrogen) atoms. The van der Waals surface area contributed by atoms with E-state index in [9.17, 15) is 9.59 Å². The molecule has 2 fully saturated rings. The van der Waals surface area contributed by atoms with Crippen molar-refractivity contribution in [1.82, 2.24) is 9.88 Å². The van der Waals surface area contributed by atoms with Gasteiger partial charge >= 0.3 is 6.09 Å². The summed E-state index contributed by atoms with van der Waals surface area (Å²) >= 11 is 3.28. The fraction of sp³-hybridized carbons (Fsp3) is 0.562. The first-order chi connectivity index (χ1) is 10.7. The summed E-state index contributed by atoms with van der Waals surface area (Å²) in [5, 5.41) is 2.80. The third kappa shape index (κ3) is 3.65. The van der Waals surface area contributed by atoms with E-state index in [1.54, 1.807) is 23.1 Å². The number of fused-ring (bicyclic) bond motifs is 1. The van der Waals surface area contributed by atoms with Crippen LogP contribution in [0.3, 0.4) is 0 Å². The monoisotopic (exact) mass is 381 g/mol. The lowest BCUT2D eigenvalue weighted by Crippen LogP contribution is -2.47. The second-order valence-electron chi connectivity index (χ2n) is 7.07. The minimum Gasteiger partial charge on any atom is -0.444 e. The Morgan fingerprint density at radius 1 is 1.39 bits per heavy atom. The molecule has 1 aromatic rings. The quantitative estimate of drug-likeness (QED) is 0.799. The number of carbonyl (C=O) groups excluding carboxylic acids is 2. The first-order valence-electron chi connectivity index (χ1n) is 7.67. The van der Waals surface area contributed by atoms with Crippen LogP contribution in [-0.4, -0.2) is 40.1 Å². The number of halogens is 1. The smallest absolute Gasteiger partial charge is 0.410 e. The normalized spacial score (nSPS) is 25.7. The van der Waals surface area contributed by atoms with Crippen LogP contribution < -0.4 is 5.32 Å². The van der Waals surface area contributed by atoms with E-state index >= 15 is 0 Å². The Bertz CT molecular complexity index is 644. The fourth-order valence-electron chi connectivity index (χ4n) is 2.99. The molecule has 2 aliphatic rings. The molecule has 0 aromatic carbocycles. The molecular weight excluding hydrogens is 362 g/mol. The molecular formula is C16H20BrN3O3. The number of ether oxygens (including phenoxy) is 1. The minimum atomic E-state index is -0.573. The molecule has 3 atom stereocenters. The summed E-state index contributed by atoms with van der Waals surface area (Å²) in [6, 6.07) is 4.83. The van der Waals surface area contributed by atoms with Crippen molar-refractivity contribution in [1.29, 1.82) is 0 Å². The van der Waals surface area contributed by atoms with Gasteiger partial charge in [-0.05, 0) is 67.1 Å². The Balaban J connectivity index is 1.71. The molecule has 1 N–H and O–H groups in total. The zero-order valence-electron chi connectivity index (χ0n) is 13.4. The van der Waals surface area contributed by atoms with Gasteiger partial charge in [-0.25, -0.2) is 9.78 Å². The summed E-state index contributed by atoms with van der Waals surface area (Å²) in [4.78, 5) is 30.7. The van der Waals surface area contributed by atoms with Crippen LogP contribution in [-0.2, 0) is 9.53 Å². The summed E-state index contributed by atoms with van der Waals surface area (Å²) in [6.45, 7) is 6.05. The first kappa shape index (κ1) is 16.2. The van der Waals surface area contributed by atoms with Crippen molar-refractivity contribution in [2.24, 2.45) is 11.8 Å². The number of amides is 2. The maximum atomic E-state index is 12.6. The molecule has 6 nitrogen and oxygen atoms in total. The Morgan fingerprint density at radius 2 is 2.13 bits per heavy atom. The maximum absolute atomic E-state index is 12.6. The Labute approximate surface area is 143 Å². The summed E-state index contributed by atoms with van der Waals surface area (Å²) < 4.78 is 6.07. The number of pyridine rings is 1. The van der Waals surface area contributed by atoms with E-state index in [1.165, 1.54) is 0 Å². The van der Waals surface area contributed by atoms with Gasteiger partial charge < -0.3 is 10.1 Å². The topological polar surface area (TPSA) is 71.5 Å². The van der Waals surface area contributed by atoms with Crippen LogP contribution in [0, 0.1) is 11.8 Å². The molecule has 1 aliphatic carbocycles. The van der Waals surface area contributed by atoms with Gasteiger partial charge in [0.25, 0.3) is 0 Å². The zero-order chi connectivity index (χ0) is 16.8. The molecule has 1 saturated heterocycles. The molecule has 2 heterocycles. The molecule has 0 bridgehead atoms. The predicted molar refractivity (Wildman–Crippen MR) is 88.9 cm³/mol. The lowest BCUT2D eigenvalue weighted by molar-refractivity contribution is -0.121. The standard InChI is InChI=1S/C16H20BrN3O3/c1-16(2,3)23-15(22)20-8-9-7-10(9)13(20)14(21)19-12-6-4-5-11(17)18-12/h4-6,9-10,13H,7-8H2,1-3H3,(H,18,19,21)/t9-,10-,13-/m0/s1. The van der Waals surface area contributed by atoms with Crippen molar-refractivity contribution in [3.63, 3.8) is 0 Å². The van der Waals surface area contributed by atoms with E-state index in [4.69, 9.17) is 4.74 Å². The average Bonchev–Trinajstić information content (AvgIpc) is 3.07. The third-order valence-corrected chi connectivity index (χ3v) is 4.45. The summed E-state index contributed by atoms with van der Waals surface area (Å²) in [5.41, 5.74) is -0.573. The Kier molecular flexibility index (Phi) is 4.08. The minimum absolute atomic E-state index is 0.202. The first-order valence-corrected chi connectivity index (χ1v) is 8.47. The number of likely N-dealkylation sites (tertiary alicyclic amines) is 1. The molecule has 1 aliphatic heterocycles. The molecule has 0 unspecified atom stereocenters. The van der Waals surface area contributed by atoms with E-state index in [-0.39, 0.29) is 11.8 Å². The van der Waals surface area contributed by atoms with Gasteiger partial charge in [-0.15, -0.1) is 0 Å². The van der Waals surface area contributed by atoms with E-state index in [1.807, 2.05) is 20.8 Å². The van der Waals surface area contributed by atoms with Crippen LogP contribution in [0.4, 0.5) is 10.6 Å². The summed E-state index contributed by atoms with van der Waals surface area (Å²) in [5.74, 6) is 0.910. The van der Waals surface area contributed by atoms with Gasteiger partial charge in [0.15, 0.2) is 0 Å². The third-order valence-electron chi connectivity index (χ3n) is 4.01. The number of nitrogens with one attached hydrogen (secondary N) is 1. The van der Waals surface area contributed by atoms with Crippen LogP contribution in [0.25, 0.3) is 0 Å². The van der Waals surface area contributed by atoms with Crippen LogP contribution in [0.15, 0.2) is 22.8 Å². The SMILES string of the molecule is CC(C)(C)OC(=O)N1C[C@@H]2C[C@@H]2[C@H]1C(=O)Nc1cccc(Br)n1. The largest absolute Gasteiger partial charge is 0.444 e. The molecule has 0 radical (unpaired) electrons. The van der Waals surface area contributed by atoms with Gasteiger partial charge in [0, 0.05) is 6.54 Å². The zero-order valence-corrected chi connectivity index (χ0v) is 15.0. The highest BCUT2D eigenvalue weighted by molar-refractivity contribution is 9.10. The van der Waals surface area contributed by atoms with Gasteiger partial charge in [-0.3, -0.25) is 9.69 Å². The molecule has 1 saturated carbocycles. The van der Waals surface area contributed by atoms with Crippen LogP contribution in [0.1, 0.15) is 27.2 Å². The molecule has 7 heteroatoms. The van der Waals surface area contributed by atoms with E-state index in [0.29, 0.717) is 22.9 Å². The maximum Gasteiger partial charge on any atom is 0.410 e. The lowest BCUT2D eigenvalue weighted by atomic mass is 10.1. The second-order valence-corrected chi connectivity index (χ2v) is 7.88. The van der Waals surface area contributed by atoms with Gasteiger partial charge in [-0.2, -0.15) is 0 Å². The summed E-state index contributed by atoms with van der Waals surface area (Å²) in [6.07, 6.45) is 0.565. The Morgan fingerprint density at radius 3 is 2.78 bits per heavy atom. The lowest BCUT2D eigenvalue weighted by Gasteiger charge is -2.29. The highest BCUT2D eigenvalue weighted by atomic mass is 79.9. The van der Waals surface area contributed by atoms with Crippen LogP contribution in [0.2, 0.25) is 0 Å². The number of piperidine rings is 1. The number of rotatable bonds is 2. The van der Waals surface area contributed by atoms with Gasteiger partial charge in [0.05, 0.1) is 0 Å². The highest BCUT2D eigenvalue weighted by Crippen LogP contribution is 2.50. The average molecular weight is 382 g/mol. The van der Waals surface area contributed by atoms with Crippen LogP contribution in [0.5, 0.6) is 0 Å². The molecule has 2 amide bonds. The number of nitrogens with zero attached hydrogens (tertiary/aromatic N) is 2.